The van der Waals surface area contributed by atoms with Crippen molar-refractivity contribution < 1.29 is 32.6 Å². The molecule has 2 heterocycles. The first-order valence-electron chi connectivity index (χ1n) is 13.2. The van der Waals surface area contributed by atoms with Crippen molar-refractivity contribution in [1.29, 1.82) is 0 Å². The van der Waals surface area contributed by atoms with Crippen LogP contribution in [0.15, 0.2) is 90.2 Å². The van der Waals surface area contributed by atoms with Crippen molar-refractivity contribution in [2.75, 3.05) is 23.1 Å². The highest BCUT2D eigenvalue weighted by molar-refractivity contribution is 7.89. The SMILES string of the molecule is COc1cc(CC(=O)Nc2ccc(C(CC(=O)O)NS(=O)(=O)c3cccnc3)cn2)ccc1NC(=O)Nc1ccccc1C. The van der Waals surface area contributed by atoms with Crippen LogP contribution in [0.3, 0.4) is 0 Å². The average molecular weight is 619 g/mol. The number of carboxylic acid groups (broad SMARTS) is 1. The first-order valence-corrected chi connectivity index (χ1v) is 14.7. The molecule has 1 atom stereocenters. The number of aliphatic carboxylic acids is 1. The van der Waals surface area contributed by atoms with Crippen LogP contribution in [0.5, 0.6) is 5.75 Å². The number of ether oxygens (including phenoxy) is 1. The molecule has 1 unspecified atom stereocenters. The van der Waals surface area contributed by atoms with E-state index in [2.05, 4.69) is 30.6 Å². The van der Waals surface area contributed by atoms with Crippen molar-refractivity contribution >= 4 is 45.1 Å². The van der Waals surface area contributed by atoms with Crippen LogP contribution < -0.4 is 25.4 Å². The molecule has 4 rings (SSSR count). The van der Waals surface area contributed by atoms with E-state index in [-0.39, 0.29) is 22.7 Å². The summed E-state index contributed by atoms with van der Waals surface area (Å²) in [5.74, 6) is -1.08. The van der Waals surface area contributed by atoms with Crippen LogP contribution in [-0.4, -0.2) is 48.5 Å². The molecule has 2 aromatic heterocycles. The van der Waals surface area contributed by atoms with Crippen LogP contribution in [0.2, 0.25) is 0 Å². The lowest BCUT2D eigenvalue weighted by Gasteiger charge is -2.17. The number of para-hydroxylation sites is 1. The number of rotatable bonds is 12. The van der Waals surface area contributed by atoms with Gasteiger partial charge in [0.2, 0.25) is 15.9 Å². The minimum absolute atomic E-state index is 0.0397. The van der Waals surface area contributed by atoms with Crippen LogP contribution in [0.25, 0.3) is 0 Å². The topological polar surface area (TPSA) is 189 Å². The van der Waals surface area contributed by atoms with Crippen molar-refractivity contribution in [2.45, 2.75) is 30.7 Å². The second-order valence-corrected chi connectivity index (χ2v) is 11.3. The number of carboxylic acids is 1. The maximum absolute atomic E-state index is 12.7. The first-order chi connectivity index (χ1) is 21.0. The molecule has 4 aromatic rings. The lowest BCUT2D eigenvalue weighted by molar-refractivity contribution is -0.137. The van der Waals surface area contributed by atoms with Crippen molar-refractivity contribution in [2.24, 2.45) is 0 Å². The Morgan fingerprint density at radius 2 is 1.70 bits per heavy atom. The molecule has 0 aliphatic rings. The second-order valence-electron chi connectivity index (χ2n) is 9.59. The molecule has 2 aromatic carbocycles. The summed E-state index contributed by atoms with van der Waals surface area (Å²) in [6.45, 7) is 1.88. The van der Waals surface area contributed by atoms with Crippen LogP contribution in [0.4, 0.5) is 22.0 Å². The lowest BCUT2D eigenvalue weighted by atomic mass is 10.1. The van der Waals surface area contributed by atoms with Gasteiger partial charge in [0.05, 0.1) is 31.7 Å². The minimum Gasteiger partial charge on any atom is -0.495 e. The van der Waals surface area contributed by atoms with E-state index in [0.717, 1.165) is 11.8 Å². The van der Waals surface area contributed by atoms with Crippen LogP contribution >= 0.6 is 0 Å². The van der Waals surface area contributed by atoms with E-state index in [9.17, 15) is 27.9 Å². The van der Waals surface area contributed by atoms with E-state index in [1.807, 2.05) is 25.1 Å². The molecule has 0 bridgehead atoms. The van der Waals surface area contributed by atoms with Crippen molar-refractivity contribution in [3.63, 3.8) is 0 Å². The largest absolute Gasteiger partial charge is 0.495 e. The Bertz CT molecular complexity index is 1750. The number of aromatic nitrogens is 2. The van der Waals surface area contributed by atoms with Gasteiger partial charge < -0.3 is 25.8 Å². The van der Waals surface area contributed by atoms with E-state index in [1.54, 1.807) is 24.3 Å². The van der Waals surface area contributed by atoms with E-state index >= 15 is 0 Å². The number of carbonyl (C=O) groups is 3. The van der Waals surface area contributed by atoms with Crippen LogP contribution in [-0.2, 0) is 26.0 Å². The zero-order chi connectivity index (χ0) is 31.7. The average Bonchev–Trinajstić information content (AvgIpc) is 2.99. The summed E-state index contributed by atoms with van der Waals surface area (Å²) in [6.07, 6.45) is 3.29. The van der Waals surface area contributed by atoms with E-state index in [0.29, 0.717) is 22.7 Å². The predicted molar refractivity (Wildman–Crippen MR) is 163 cm³/mol. The van der Waals surface area contributed by atoms with Gasteiger partial charge in [-0.25, -0.2) is 22.9 Å². The molecule has 5 N–H and O–H groups in total. The van der Waals surface area contributed by atoms with Gasteiger partial charge in [-0.3, -0.25) is 14.6 Å². The van der Waals surface area contributed by atoms with Gasteiger partial charge >= 0.3 is 12.0 Å². The summed E-state index contributed by atoms with van der Waals surface area (Å²) < 4.78 is 33.2. The molecule has 0 spiro atoms. The number of methoxy groups -OCH3 is 1. The lowest BCUT2D eigenvalue weighted by Crippen LogP contribution is -2.30. The Balaban J connectivity index is 1.38. The third-order valence-corrected chi connectivity index (χ3v) is 7.81. The third-order valence-electron chi connectivity index (χ3n) is 6.35. The molecule has 228 valence electrons. The third kappa shape index (κ3) is 8.59. The molecule has 0 radical (unpaired) electrons. The van der Waals surface area contributed by atoms with Crippen LogP contribution in [0.1, 0.15) is 29.2 Å². The number of nitrogens with one attached hydrogen (secondary N) is 4. The minimum atomic E-state index is -4.06. The number of pyridine rings is 2. The van der Waals surface area contributed by atoms with Gasteiger partial charge in [0.25, 0.3) is 0 Å². The second kappa shape index (κ2) is 14.2. The van der Waals surface area contributed by atoms with Gasteiger partial charge in [-0.1, -0.05) is 30.3 Å². The number of aryl methyl sites for hydroxylation is 1. The van der Waals surface area contributed by atoms with Crippen molar-refractivity contribution in [3.8, 4) is 5.75 Å². The number of anilines is 3. The highest BCUT2D eigenvalue weighted by atomic mass is 32.2. The molecule has 0 aliphatic carbocycles. The molecule has 3 amide bonds. The van der Waals surface area contributed by atoms with Gasteiger partial charge in [0.1, 0.15) is 16.5 Å². The van der Waals surface area contributed by atoms with Gasteiger partial charge in [-0.2, -0.15) is 0 Å². The molecule has 44 heavy (non-hydrogen) atoms. The number of benzene rings is 2. The Kier molecular flexibility index (Phi) is 10.2. The molecular weight excluding hydrogens is 588 g/mol. The number of urea groups is 1. The predicted octanol–water partition coefficient (Wildman–Crippen LogP) is 4.11. The maximum atomic E-state index is 12.7. The molecule has 13 nitrogen and oxygen atoms in total. The fourth-order valence-electron chi connectivity index (χ4n) is 4.16. The Hall–Kier alpha value is -5.34. The van der Waals surface area contributed by atoms with Gasteiger partial charge in [0, 0.05) is 24.3 Å². The molecule has 14 heteroatoms. The highest BCUT2D eigenvalue weighted by Crippen LogP contribution is 2.27. The maximum Gasteiger partial charge on any atom is 0.323 e. The monoisotopic (exact) mass is 618 g/mol. The number of nitrogens with zero attached hydrogens (tertiary/aromatic N) is 2. The van der Waals surface area contributed by atoms with Crippen molar-refractivity contribution in [1.82, 2.24) is 14.7 Å². The number of hydrogen-bond donors (Lipinski definition) is 5. The van der Waals surface area contributed by atoms with Gasteiger partial charge in [0.15, 0.2) is 0 Å². The smallest absolute Gasteiger partial charge is 0.323 e. The molecule has 0 aliphatic heterocycles. The normalized spacial score (nSPS) is 11.7. The highest BCUT2D eigenvalue weighted by Gasteiger charge is 2.24. The summed E-state index contributed by atoms with van der Waals surface area (Å²) >= 11 is 0. The number of sulfonamides is 1. The Morgan fingerprint density at radius 1 is 0.932 bits per heavy atom. The fourth-order valence-corrected chi connectivity index (χ4v) is 5.35. The van der Waals surface area contributed by atoms with Crippen molar-refractivity contribution in [3.05, 3.63) is 102 Å². The summed E-state index contributed by atoms with van der Waals surface area (Å²) in [5.41, 5.74) is 2.88. The summed E-state index contributed by atoms with van der Waals surface area (Å²) in [5, 5.41) is 17.5. The molecule has 0 fully saturated rings. The Morgan fingerprint density at radius 3 is 2.36 bits per heavy atom. The summed E-state index contributed by atoms with van der Waals surface area (Å²) in [6, 6.07) is 16.4. The molecular formula is C30H30N6O7S. The first kappa shape index (κ1) is 31.6. The van der Waals surface area contributed by atoms with Gasteiger partial charge in [-0.05, 0) is 60.0 Å². The zero-order valence-electron chi connectivity index (χ0n) is 23.8. The van der Waals surface area contributed by atoms with E-state index in [4.69, 9.17) is 4.74 Å². The Labute approximate surface area is 253 Å². The number of hydrogen-bond acceptors (Lipinski definition) is 8. The summed E-state index contributed by atoms with van der Waals surface area (Å²) in [4.78, 5) is 44.5. The zero-order valence-corrected chi connectivity index (χ0v) is 24.6. The molecule has 0 saturated heterocycles. The fraction of sp³-hybridized carbons (Fsp3) is 0.167. The van der Waals surface area contributed by atoms with E-state index in [1.165, 1.54) is 43.8 Å². The van der Waals surface area contributed by atoms with Crippen LogP contribution in [0, 0.1) is 6.92 Å². The number of carbonyl (C=O) groups excluding carboxylic acids is 2. The van der Waals surface area contributed by atoms with E-state index < -0.39 is 40.4 Å². The standard InChI is InChI=1S/C30H30N6O7S/c1-19-6-3-4-8-23(19)33-30(40)34-24-11-9-20(14-26(24)43-2)15-28(37)35-27-12-10-21(17-32-27)25(16-29(38)39)36-44(41,42)22-7-5-13-31-18-22/h3-14,17-18,25,36H,15-16H2,1-2H3,(H,38,39)(H,32,35,37)(H2,33,34,40). The number of amides is 3. The summed E-state index contributed by atoms with van der Waals surface area (Å²) in [7, 11) is -2.61. The van der Waals surface area contributed by atoms with Gasteiger partial charge in [-0.15, -0.1) is 0 Å². The molecule has 0 saturated carbocycles. The quantitative estimate of drug-likeness (QED) is 0.156.